The molecule has 2 heterocycles. The number of amides is 1. The Morgan fingerprint density at radius 3 is 2.55 bits per heavy atom. The highest BCUT2D eigenvalue weighted by Gasteiger charge is 2.33. The molecule has 0 aromatic heterocycles. The highest BCUT2D eigenvalue weighted by atomic mass is 16.5. The smallest absolute Gasteiger partial charge is 0.249 e. The van der Waals surface area contributed by atoms with Gasteiger partial charge in [-0.1, -0.05) is 31.5 Å². The summed E-state index contributed by atoms with van der Waals surface area (Å²) in [6, 6.07) is 8.77. The van der Waals surface area contributed by atoms with Gasteiger partial charge in [0.25, 0.3) is 0 Å². The lowest BCUT2D eigenvalue weighted by molar-refractivity contribution is -0.148. The number of carbonyl (C=O) groups is 1. The fourth-order valence-corrected chi connectivity index (χ4v) is 2.68. The van der Waals surface area contributed by atoms with Gasteiger partial charge < -0.3 is 14.5 Å². The number of carbonyl (C=O) groups excluding carboxylic acids is 1. The lowest BCUT2D eigenvalue weighted by Gasteiger charge is -2.44. The van der Waals surface area contributed by atoms with E-state index in [4.69, 9.17) is 4.74 Å². The highest BCUT2D eigenvalue weighted by Crippen LogP contribution is 2.21. The van der Waals surface area contributed by atoms with Crippen molar-refractivity contribution in [2.24, 2.45) is 0 Å². The van der Waals surface area contributed by atoms with Gasteiger partial charge >= 0.3 is 0 Å². The number of aryl methyl sites for hydroxylation is 1. The lowest BCUT2D eigenvalue weighted by Crippen LogP contribution is -2.60. The topological polar surface area (TPSA) is 32.8 Å². The first-order chi connectivity index (χ1) is 9.74. The molecule has 0 spiro atoms. The molecule has 4 nitrogen and oxygen atoms in total. The summed E-state index contributed by atoms with van der Waals surface area (Å²) in [4.78, 5) is 16.0. The van der Waals surface area contributed by atoms with Gasteiger partial charge in [0.1, 0.15) is 6.61 Å². The zero-order valence-corrected chi connectivity index (χ0v) is 12.6. The van der Waals surface area contributed by atoms with Crippen molar-refractivity contribution < 1.29 is 9.53 Å². The minimum Gasteiger partial charge on any atom is -0.369 e. The second-order valence-electron chi connectivity index (χ2n) is 5.04. The van der Waals surface area contributed by atoms with Crippen LogP contribution in [0.3, 0.4) is 0 Å². The van der Waals surface area contributed by atoms with E-state index in [1.165, 1.54) is 11.3 Å². The van der Waals surface area contributed by atoms with Crippen LogP contribution in [0.15, 0.2) is 24.3 Å². The van der Waals surface area contributed by atoms with Gasteiger partial charge in [-0.05, 0) is 19.1 Å². The Bertz CT molecular complexity index is 444. The minimum absolute atomic E-state index is 0.134. The number of hydrogen-bond acceptors (Lipinski definition) is 3. The Morgan fingerprint density at radius 1 is 1.15 bits per heavy atom. The number of nitrogens with zero attached hydrogens (tertiary/aromatic N) is 2. The molecule has 2 fully saturated rings. The summed E-state index contributed by atoms with van der Waals surface area (Å²) in [5.74, 6) is 0.134. The summed E-state index contributed by atoms with van der Waals surface area (Å²) < 4.78 is 5.34. The molecule has 110 valence electrons. The van der Waals surface area contributed by atoms with E-state index >= 15 is 0 Å². The van der Waals surface area contributed by atoms with Crippen LogP contribution in [0, 0.1) is 6.92 Å². The summed E-state index contributed by atoms with van der Waals surface area (Å²) in [6.07, 6.45) is 0. The predicted molar refractivity (Wildman–Crippen MR) is 81.1 cm³/mol. The van der Waals surface area contributed by atoms with E-state index < -0.39 is 0 Å². The molecule has 0 N–H and O–H groups in total. The van der Waals surface area contributed by atoms with Crippen molar-refractivity contribution in [2.45, 2.75) is 26.8 Å². The van der Waals surface area contributed by atoms with E-state index in [1.54, 1.807) is 0 Å². The average Bonchev–Trinajstić information content (AvgIpc) is 2.50. The molecule has 2 aliphatic heterocycles. The zero-order valence-electron chi connectivity index (χ0n) is 12.6. The molecule has 2 saturated heterocycles. The first-order valence-electron chi connectivity index (χ1n) is 7.43. The van der Waals surface area contributed by atoms with Gasteiger partial charge in [-0.25, -0.2) is 0 Å². The van der Waals surface area contributed by atoms with Crippen LogP contribution in [0.4, 0.5) is 5.69 Å². The van der Waals surface area contributed by atoms with Gasteiger partial charge in [-0.3, -0.25) is 4.79 Å². The zero-order chi connectivity index (χ0) is 14.5. The Morgan fingerprint density at radius 2 is 1.85 bits per heavy atom. The number of hydrogen-bond donors (Lipinski definition) is 0. The molecule has 1 aromatic rings. The maximum absolute atomic E-state index is 11.7. The SMILES string of the molecule is CC.Cc1ccc(N2CCN3C(=O)COC[C@H]3C2)cc1. The molecule has 3 rings (SSSR count). The van der Waals surface area contributed by atoms with Crippen LogP contribution < -0.4 is 4.90 Å². The van der Waals surface area contributed by atoms with Crippen LogP contribution in [0.25, 0.3) is 0 Å². The van der Waals surface area contributed by atoms with E-state index in [1.807, 2.05) is 18.7 Å². The second-order valence-corrected chi connectivity index (χ2v) is 5.04. The fourth-order valence-electron chi connectivity index (χ4n) is 2.68. The van der Waals surface area contributed by atoms with E-state index in [2.05, 4.69) is 36.1 Å². The van der Waals surface area contributed by atoms with Crippen LogP contribution in [0.2, 0.25) is 0 Å². The first kappa shape index (κ1) is 14.9. The molecule has 1 atom stereocenters. The molecule has 0 aliphatic carbocycles. The summed E-state index contributed by atoms with van der Waals surface area (Å²) >= 11 is 0. The first-order valence-corrected chi connectivity index (χ1v) is 7.43. The van der Waals surface area contributed by atoms with Gasteiger partial charge in [0.15, 0.2) is 0 Å². The van der Waals surface area contributed by atoms with Crippen LogP contribution in [0.5, 0.6) is 0 Å². The van der Waals surface area contributed by atoms with Gasteiger partial charge in [0.2, 0.25) is 5.91 Å². The maximum Gasteiger partial charge on any atom is 0.249 e. The van der Waals surface area contributed by atoms with Gasteiger partial charge in [0.05, 0.1) is 12.6 Å². The Kier molecular flexibility index (Phi) is 5.01. The molecule has 4 heteroatoms. The van der Waals surface area contributed by atoms with Crippen LogP contribution in [0.1, 0.15) is 19.4 Å². The number of morpholine rings is 1. The molecular weight excluding hydrogens is 252 g/mol. The quantitative estimate of drug-likeness (QED) is 0.787. The Labute approximate surface area is 121 Å². The standard InChI is InChI=1S/C14H18N2O2.C2H6/c1-11-2-4-12(5-3-11)15-6-7-16-13(8-15)9-18-10-14(16)17;1-2/h2-5,13H,6-10H2,1H3;1-2H3/t13-;/m1./s1. The largest absolute Gasteiger partial charge is 0.369 e. The minimum atomic E-state index is 0.134. The molecular formula is C16H24N2O2. The van der Waals surface area contributed by atoms with E-state index in [-0.39, 0.29) is 18.6 Å². The summed E-state index contributed by atoms with van der Waals surface area (Å²) in [7, 11) is 0. The molecule has 1 amide bonds. The average molecular weight is 276 g/mol. The normalized spacial score (nSPS) is 21.9. The van der Waals surface area contributed by atoms with Crippen molar-refractivity contribution in [1.82, 2.24) is 4.90 Å². The fraction of sp³-hybridized carbons (Fsp3) is 0.562. The summed E-state index contributed by atoms with van der Waals surface area (Å²) in [5, 5.41) is 0. The summed E-state index contributed by atoms with van der Waals surface area (Å²) in [5.41, 5.74) is 2.51. The molecule has 0 unspecified atom stereocenters. The number of piperazine rings is 1. The van der Waals surface area contributed by atoms with Gasteiger partial charge in [0, 0.05) is 25.3 Å². The number of benzene rings is 1. The van der Waals surface area contributed by atoms with Crippen LogP contribution >= 0.6 is 0 Å². The Balaban J connectivity index is 0.000000704. The van der Waals surface area contributed by atoms with E-state index in [0.29, 0.717) is 6.61 Å². The third kappa shape index (κ3) is 3.12. The second kappa shape index (κ2) is 6.75. The van der Waals surface area contributed by atoms with Crippen molar-refractivity contribution in [3.8, 4) is 0 Å². The van der Waals surface area contributed by atoms with Crippen LogP contribution in [-0.4, -0.2) is 49.7 Å². The summed E-state index contributed by atoms with van der Waals surface area (Å²) in [6.45, 7) is 9.59. The van der Waals surface area contributed by atoms with Crippen LogP contribution in [-0.2, 0) is 9.53 Å². The molecule has 0 saturated carbocycles. The predicted octanol–water partition coefficient (Wildman–Crippen LogP) is 2.07. The number of fused-ring (bicyclic) bond motifs is 1. The maximum atomic E-state index is 11.7. The van der Waals surface area contributed by atoms with Gasteiger partial charge in [-0.15, -0.1) is 0 Å². The van der Waals surface area contributed by atoms with E-state index in [9.17, 15) is 4.79 Å². The molecule has 1 aromatic carbocycles. The van der Waals surface area contributed by atoms with Crippen molar-refractivity contribution in [3.05, 3.63) is 29.8 Å². The molecule has 20 heavy (non-hydrogen) atoms. The van der Waals surface area contributed by atoms with E-state index in [0.717, 1.165) is 19.6 Å². The molecule has 0 bridgehead atoms. The third-order valence-corrected chi connectivity index (χ3v) is 3.74. The third-order valence-electron chi connectivity index (χ3n) is 3.74. The number of ether oxygens (including phenoxy) is 1. The van der Waals surface area contributed by atoms with Crippen molar-refractivity contribution in [1.29, 1.82) is 0 Å². The number of rotatable bonds is 1. The van der Waals surface area contributed by atoms with Gasteiger partial charge in [-0.2, -0.15) is 0 Å². The Hall–Kier alpha value is -1.55. The highest BCUT2D eigenvalue weighted by molar-refractivity contribution is 5.78. The van der Waals surface area contributed by atoms with Crippen molar-refractivity contribution in [3.63, 3.8) is 0 Å². The number of anilines is 1. The molecule has 0 radical (unpaired) electrons. The molecule has 2 aliphatic rings. The van der Waals surface area contributed by atoms with Crippen molar-refractivity contribution >= 4 is 11.6 Å². The lowest BCUT2D eigenvalue weighted by atomic mass is 10.1. The monoisotopic (exact) mass is 276 g/mol. The van der Waals surface area contributed by atoms with Crippen molar-refractivity contribution in [2.75, 3.05) is 37.7 Å².